The summed E-state index contributed by atoms with van der Waals surface area (Å²) < 4.78 is 40.4. The largest absolute Gasteiger partial charge is 0.323 e. The van der Waals surface area contributed by atoms with Crippen molar-refractivity contribution in [3.05, 3.63) is 42.0 Å². The average Bonchev–Trinajstić information content (AvgIpc) is 2.65. The van der Waals surface area contributed by atoms with Crippen LogP contribution < -0.4 is 5.32 Å². The molecular formula is C10H8F3N3. The Labute approximate surface area is 89.5 Å². The predicted octanol–water partition coefficient (Wildman–Crippen LogP) is 2.58. The van der Waals surface area contributed by atoms with Gasteiger partial charge in [0, 0.05) is 19.4 Å². The SMILES string of the molecule is Cn1ccnc1Nc1ccc(F)c(F)c1F. The van der Waals surface area contributed by atoms with Crippen LogP contribution in [0.3, 0.4) is 0 Å². The smallest absolute Gasteiger partial charge is 0.207 e. The Bertz CT molecular complexity index is 522. The van der Waals surface area contributed by atoms with Gasteiger partial charge in [-0.05, 0) is 12.1 Å². The van der Waals surface area contributed by atoms with Crippen LogP contribution in [0, 0.1) is 17.5 Å². The van der Waals surface area contributed by atoms with Crippen LogP contribution in [0.5, 0.6) is 0 Å². The van der Waals surface area contributed by atoms with Crippen LogP contribution in [0.2, 0.25) is 0 Å². The van der Waals surface area contributed by atoms with Crippen molar-refractivity contribution in [2.75, 3.05) is 5.32 Å². The highest BCUT2D eigenvalue weighted by Gasteiger charge is 2.14. The molecule has 16 heavy (non-hydrogen) atoms. The van der Waals surface area contributed by atoms with E-state index in [2.05, 4.69) is 10.3 Å². The van der Waals surface area contributed by atoms with E-state index < -0.39 is 17.5 Å². The summed E-state index contributed by atoms with van der Waals surface area (Å²) in [6.45, 7) is 0. The highest BCUT2D eigenvalue weighted by Crippen LogP contribution is 2.22. The molecule has 0 spiro atoms. The van der Waals surface area contributed by atoms with E-state index in [1.165, 1.54) is 6.20 Å². The molecule has 0 aliphatic rings. The molecule has 0 fully saturated rings. The zero-order chi connectivity index (χ0) is 11.7. The van der Waals surface area contributed by atoms with Crippen molar-refractivity contribution in [3.8, 4) is 0 Å². The molecule has 1 aromatic carbocycles. The maximum atomic E-state index is 13.3. The Morgan fingerprint density at radius 1 is 1.19 bits per heavy atom. The first-order valence-electron chi connectivity index (χ1n) is 4.47. The molecule has 0 radical (unpaired) electrons. The van der Waals surface area contributed by atoms with Crippen LogP contribution in [0.4, 0.5) is 24.8 Å². The summed E-state index contributed by atoms with van der Waals surface area (Å²) in [4.78, 5) is 3.87. The number of benzene rings is 1. The number of hydrogen-bond acceptors (Lipinski definition) is 2. The fourth-order valence-corrected chi connectivity index (χ4v) is 1.23. The highest BCUT2D eigenvalue weighted by atomic mass is 19.2. The van der Waals surface area contributed by atoms with Gasteiger partial charge in [-0.25, -0.2) is 18.2 Å². The molecule has 84 valence electrons. The zero-order valence-corrected chi connectivity index (χ0v) is 8.34. The first-order chi connectivity index (χ1) is 7.59. The minimum atomic E-state index is -1.50. The van der Waals surface area contributed by atoms with Gasteiger partial charge >= 0.3 is 0 Å². The maximum absolute atomic E-state index is 13.3. The van der Waals surface area contributed by atoms with Crippen molar-refractivity contribution >= 4 is 11.6 Å². The summed E-state index contributed by atoms with van der Waals surface area (Å²) in [5, 5.41) is 2.56. The minimum Gasteiger partial charge on any atom is -0.323 e. The molecule has 0 bridgehead atoms. The normalized spacial score (nSPS) is 10.5. The number of anilines is 2. The summed E-state index contributed by atoms with van der Waals surface area (Å²) in [5.74, 6) is -3.64. The lowest BCUT2D eigenvalue weighted by atomic mass is 10.3. The van der Waals surface area contributed by atoms with Gasteiger partial charge in [0.05, 0.1) is 5.69 Å². The number of nitrogens with one attached hydrogen (secondary N) is 1. The third kappa shape index (κ3) is 1.73. The summed E-state index contributed by atoms with van der Waals surface area (Å²) in [6.07, 6.45) is 3.14. The van der Waals surface area contributed by atoms with Crippen molar-refractivity contribution in [2.24, 2.45) is 7.05 Å². The second-order valence-electron chi connectivity index (χ2n) is 3.21. The minimum absolute atomic E-state index is 0.159. The van der Waals surface area contributed by atoms with Crippen LogP contribution >= 0.6 is 0 Å². The van der Waals surface area contributed by atoms with Gasteiger partial charge in [-0.15, -0.1) is 0 Å². The summed E-state index contributed by atoms with van der Waals surface area (Å²) >= 11 is 0. The second kappa shape index (κ2) is 3.88. The molecule has 3 nitrogen and oxygen atoms in total. The molecule has 0 amide bonds. The van der Waals surface area contributed by atoms with Gasteiger partial charge in [-0.2, -0.15) is 0 Å². The Balaban J connectivity index is 2.36. The standard InChI is InChI=1S/C10H8F3N3/c1-16-5-4-14-10(16)15-7-3-2-6(11)8(12)9(7)13/h2-5H,1H3,(H,14,15). The second-order valence-corrected chi connectivity index (χ2v) is 3.21. The Morgan fingerprint density at radius 3 is 2.56 bits per heavy atom. The van der Waals surface area contributed by atoms with Crippen molar-refractivity contribution in [1.82, 2.24) is 9.55 Å². The molecule has 0 saturated heterocycles. The summed E-state index contributed by atoms with van der Waals surface area (Å²) in [7, 11) is 1.69. The average molecular weight is 227 g/mol. The van der Waals surface area contributed by atoms with Gasteiger partial charge in [0.2, 0.25) is 5.95 Å². The van der Waals surface area contributed by atoms with Crippen LogP contribution in [0.1, 0.15) is 0 Å². The number of aryl methyl sites for hydroxylation is 1. The molecule has 2 rings (SSSR count). The van der Waals surface area contributed by atoms with Crippen LogP contribution in [-0.4, -0.2) is 9.55 Å². The molecule has 1 aromatic heterocycles. The van der Waals surface area contributed by atoms with E-state index >= 15 is 0 Å². The molecule has 0 aliphatic carbocycles. The molecular weight excluding hydrogens is 219 g/mol. The zero-order valence-electron chi connectivity index (χ0n) is 8.34. The van der Waals surface area contributed by atoms with Crippen molar-refractivity contribution in [1.29, 1.82) is 0 Å². The molecule has 0 unspecified atom stereocenters. The van der Waals surface area contributed by atoms with E-state index in [-0.39, 0.29) is 5.69 Å². The quantitative estimate of drug-likeness (QED) is 0.799. The third-order valence-corrected chi connectivity index (χ3v) is 2.10. The van der Waals surface area contributed by atoms with E-state index in [4.69, 9.17) is 0 Å². The van der Waals surface area contributed by atoms with Gasteiger partial charge < -0.3 is 9.88 Å². The summed E-state index contributed by atoms with van der Waals surface area (Å²) in [6, 6.07) is 1.96. The predicted molar refractivity (Wildman–Crippen MR) is 52.8 cm³/mol. The Morgan fingerprint density at radius 2 is 1.94 bits per heavy atom. The fourth-order valence-electron chi connectivity index (χ4n) is 1.23. The first-order valence-corrected chi connectivity index (χ1v) is 4.47. The summed E-state index contributed by atoms with van der Waals surface area (Å²) in [5.41, 5.74) is -0.159. The van der Waals surface area contributed by atoms with Gasteiger partial charge in [-0.3, -0.25) is 0 Å². The van der Waals surface area contributed by atoms with Gasteiger partial charge in [0.25, 0.3) is 0 Å². The molecule has 1 N–H and O–H groups in total. The van der Waals surface area contributed by atoms with Crippen LogP contribution in [-0.2, 0) is 7.05 Å². The van der Waals surface area contributed by atoms with E-state index in [0.717, 1.165) is 12.1 Å². The molecule has 0 saturated carbocycles. The number of imidazole rings is 1. The number of hydrogen-bond donors (Lipinski definition) is 1. The van der Waals surface area contributed by atoms with Crippen molar-refractivity contribution in [3.63, 3.8) is 0 Å². The number of halogens is 3. The maximum Gasteiger partial charge on any atom is 0.207 e. The van der Waals surface area contributed by atoms with Gasteiger partial charge in [0.15, 0.2) is 17.5 Å². The Hall–Kier alpha value is -1.98. The van der Waals surface area contributed by atoms with Crippen molar-refractivity contribution < 1.29 is 13.2 Å². The molecule has 6 heteroatoms. The first kappa shape index (κ1) is 10.5. The number of rotatable bonds is 2. The van der Waals surface area contributed by atoms with Crippen LogP contribution in [0.15, 0.2) is 24.5 Å². The van der Waals surface area contributed by atoms with E-state index in [0.29, 0.717) is 5.95 Å². The van der Waals surface area contributed by atoms with Crippen molar-refractivity contribution in [2.45, 2.75) is 0 Å². The fraction of sp³-hybridized carbons (Fsp3) is 0.100. The van der Waals surface area contributed by atoms with E-state index in [9.17, 15) is 13.2 Å². The van der Waals surface area contributed by atoms with Gasteiger partial charge in [0.1, 0.15) is 0 Å². The highest BCUT2D eigenvalue weighted by molar-refractivity contribution is 5.54. The lowest BCUT2D eigenvalue weighted by Gasteiger charge is -2.07. The molecule has 1 heterocycles. The van der Waals surface area contributed by atoms with Gasteiger partial charge in [-0.1, -0.05) is 0 Å². The number of aromatic nitrogens is 2. The van der Waals surface area contributed by atoms with E-state index in [1.807, 2.05) is 0 Å². The molecule has 0 aliphatic heterocycles. The third-order valence-electron chi connectivity index (χ3n) is 2.10. The molecule has 0 atom stereocenters. The van der Waals surface area contributed by atoms with Crippen LogP contribution in [0.25, 0.3) is 0 Å². The Kier molecular flexibility index (Phi) is 2.55. The topological polar surface area (TPSA) is 29.9 Å². The lowest BCUT2D eigenvalue weighted by molar-refractivity contribution is 0.449. The lowest BCUT2D eigenvalue weighted by Crippen LogP contribution is -2.02. The number of nitrogens with zero attached hydrogens (tertiary/aromatic N) is 2. The molecule has 2 aromatic rings. The van der Waals surface area contributed by atoms with E-state index in [1.54, 1.807) is 17.8 Å². The monoisotopic (exact) mass is 227 g/mol.